The number of amides is 1. The van der Waals surface area contributed by atoms with Gasteiger partial charge in [0.25, 0.3) is 0 Å². The standard InChI is InChI=1S/C8H15NO6/c10-1-5-8(14)7(13)4(3-15-5)9-6(12)2-11/h4-5,7-8,10-11,13-14H,1-3H2,(H,9,12)/t4-,5+,7+,8+/m0/s1. The van der Waals surface area contributed by atoms with E-state index < -0.39 is 43.5 Å². The maximum atomic E-state index is 10.8. The molecule has 7 heteroatoms. The van der Waals surface area contributed by atoms with Crippen LogP contribution in [-0.4, -0.2) is 70.5 Å². The third kappa shape index (κ3) is 2.86. The Hall–Kier alpha value is -0.730. The Morgan fingerprint density at radius 1 is 1.33 bits per heavy atom. The van der Waals surface area contributed by atoms with Gasteiger partial charge in [-0.2, -0.15) is 0 Å². The molecule has 0 aromatic carbocycles. The Morgan fingerprint density at radius 3 is 2.53 bits per heavy atom. The van der Waals surface area contributed by atoms with Gasteiger partial charge in [0, 0.05) is 0 Å². The van der Waals surface area contributed by atoms with Crippen molar-refractivity contribution < 1.29 is 30.0 Å². The number of carbonyl (C=O) groups excluding carboxylic acids is 1. The molecule has 0 aromatic rings. The van der Waals surface area contributed by atoms with Crippen LogP contribution in [0.15, 0.2) is 0 Å². The molecule has 0 radical (unpaired) electrons. The fourth-order valence-electron chi connectivity index (χ4n) is 1.42. The van der Waals surface area contributed by atoms with Crippen molar-refractivity contribution in [2.24, 2.45) is 0 Å². The summed E-state index contributed by atoms with van der Waals surface area (Å²) in [7, 11) is 0. The average Bonchev–Trinajstić information content (AvgIpc) is 2.25. The van der Waals surface area contributed by atoms with Gasteiger partial charge in [-0.15, -0.1) is 0 Å². The topological polar surface area (TPSA) is 119 Å². The summed E-state index contributed by atoms with van der Waals surface area (Å²) in [5.74, 6) is -0.655. The van der Waals surface area contributed by atoms with Gasteiger partial charge in [0.05, 0.1) is 19.3 Å². The van der Waals surface area contributed by atoms with Crippen LogP contribution in [0.5, 0.6) is 0 Å². The van der Waals surface area contributed by atoms with Crippen molar-refractivity contribution in [1.82, 2.24) is 5.32 Å². The van der Waals surface area contributed by atoms with Crippen LogP contribution in [0, 0.1) is 0 Å². The smallest absolute Gasteiger partial charge is 0.246 e. The highest BCUT2D eigenvalue weighted by molar-refractivity contribution is 5.77. The van der Waals surface area contributed by atoms with E-state index in [1.54, 1.807) is 0 Å². The molecule has 1 saturated heterocycles. The van der Waals surface area contributed by atoms with Gasteiger partial charge in [-0.05, 0) is 0 Å². The first kappa shape index (κ1) is 12.3. The van der Waals surface area contributed by atoms with Crippen molar-refractivity contribution in [1.29, 1.82) is 0 Å². The second-order valence-corrected chi connectivity index (χ2v) is 3.37. The molecular weight excluding hydrogens is 206 g/mol. The zero-order chi connectivity index (χ0) is 11.4. The van der Waals surface area contributed by atoms with E-state index in [0.29, 0.717) is 0 Å². The zero-order valence-electron chi connectivity index (χ0n) is 8.04. The summed E-state index contributed by atoms with van der Waals surface area (Å²) < 4.78 is 5.01. The first-order valence-corrected chi connectivity index (χ1v) is 4.59. The summed E-state index contributed by atoms with van der Waals surface area (Å²) in [5.41, 5.74) is 0. The van der Waals surface area contributed by atoms with Crippen molar-refractivity contribution >= 4 is 5.91 Å². The van der Waals surface area contributed by atoms with Crippen molar-refractivity contribution in [3.63, 3.8) is 0 Å². The molecule has 0 spiro atoms. The van der Waals surface area contributed by atoms with E-state index in [4.69, 9.17) is 14.9 Å². The normalized spacial score (nSPS) is 36.3. The highest BCUT2D eigenvalue weighted by Crippen LogP contribution is 2.15. The number of hydrogen-bond acceptors (Lipinski definition) is 6. The Morgan fingerprint density at radius 2 is 2.00 bits per heavy atom. The minimum Gasteiger partial charge on any atom is -0.394 e. The molecule has 1 rings (SSSR count). The number of rotatable bonds is 3. The van der Waals surface area contributed by atoms with Crippen LogP contribution in [-0.2, 0) is 9.53 Å². The van der Waals surface area contributed by atoms with Crippen molar-refractivity contribution in [3.05, 3.63) is 0 Å². The number of nitrogens with one attached hydrogen (secondary N) is 1. The molecule has 0 saturated carbocycles. The predicted octanol–water partition coefficient (Wildman–Crippen LogP) is -3.42. The van der Waals surface area contributed by atoms with Crippen molar-refractivity contribution in [2.75, 3.05) is 19.8 Å². The van der Waals surface area contributed by atoms with Gasteiger partial charge in [-0.3, -0.25) is 4.79 Å². The van der Waals surface area contributed by atoms with Crippen LogP contribution < -0.4 is 5.32 Å². The predicted molar refractivity (Wildman–Crippen MR) is 47.9 cm³/mol. The summed E-state index contributed by atoms with van der Waals surface area (Å²) in [5, 5.41) is 38.5. The van der Waals surface area contributed by atoms with Crippen LogP contribution in [0.25, 0.3) is 0 Å². The maximum absolute atomic E-state index is 10.8. The lowest BCUT2D eigenvalue weighted by Crippen LogP contribution is -2.60. The van der Waals surface area contributed by atoms with Crippen LogP contribution in [0.1, 0.15) is 0 Å². The van der Waals surface area contributed by atoms with Gasteiger partial charge < -0.3 is 30.5 Å². The van der Waals surface area contributed by atoms with E-state index in [1.807, 2.05) is 0 Å². The highest BCUT2D eigenvalue weighted by atomic mass is 16.5. The molecule has 0 aromatic heterocycles. The second-order valence-electron chi connectivity index (χ2n) is 3.37. The molecule has 1 amide bonds. The summed E-state index contributed by atoms with van der Waals surface area (Å²) in [4.78, 5) is 10.8. The third-order valence-electron chi connectivity index (χ3n) is 2.30. The van der Waals surface area contributed by atoms with Gasteiger partial charge >= 0.3 is 0 Å². The Bertz CT molecular complexity index is 223. The summed E-state index contributed by atoms with van der Waals surface area (Å²) in [6.07, 6.45) is -3.32. The highest BCUT2D eigenvalue weighted by Gasteiger charge is 2.38. The number of aliphatic hydroxyl groups is 4. The third-order valence-corrected chi connectivity index (χ3v) is 2.30. The number of ether oxygens (including phenoxy) is 1. The number of hydrogen-bond donors (Lipinski definition) is 5. The molecule has 0 unspecified atom stereocenters. The average molecular weight is 221 g/mol. The van der Waals surface area contributed by atoms with E-state index in [1.165, 1.54) is 0 Å². The Kier molecular flexibility index (Phi) is 4.43. The summed E-state index contributed by atoms with van der Waals surface area (Å²) in [6, 6.07) is -0.776. The lowest BCUT2D eigenvalue weighted by molar-refractivity contribution is -0.165. The van der Waals surface area contributed by atoms with E-state index >= 15 is 0 Å². The minimum atomic E-state index is -1.26. The fraction of sp³-hybridized carbons (Fsp3) is 0.875. The number of carbonyl (C=O) groups is 1. The lowest BCUT2D eigenvalue weighted by Gasteiger charge is -2.37. The van der Waals surface area contributed by atoms with Crippen molar-refractivity contribution in [2.45, 2.75) is 24.4 Å². The van der Waals surface area contributed by atoms with E-state index in [-0.39, 0.29) is 6.61 Å². The van der Waals surface area contributed by atoms with Gasteiger partial charge in [-0.25, -0.2) is 0 Å². The lowest BCUT2D eigenvalue weighted by atomic mass is 9.98. The Balaban J connectivity index is 2.52. The number of aliphatic hydroxyl groups excluding tert-OH is 4. The van der Waals surface area contributed by atoms with Crippen molar-refractivity contribution in [3.8, 4) is 0 Å². The van der Waals surface area contributed by atoms with Crippen LogP contribution >= 0.6 is 0 Å². The molecule has 88 valence electrons. The summed E-state index contributed by atoms with van der Waals surface area (Å²) >= 11 is 0. The zero-order valence-corrected chi connectivity index (χ0v) is 8.04. The van der Waals surface area contributed by atoms with Crippen LogP contribution in [0.3, 0.4) is 0 Å². The first-order valence-electron chi connectivity index (χ1n) is 4.59. The first-order chi connectivity index (χ1) is 7.10. The van der Waals surface area contributed by atoms with Gasteiger partial charge in [0.15, 0.2) is 0 Å². The van der Waals surface area contributed by atoms with E-state index in [2.05, 4.69) is 5.32 Å². The molecule has 4 atom stereocenters. The molecule has 7 nitrogen and oxygen atoms in total. The van der Waals surface area contributed by atoms with Gasteiger partial charge in [-0.1, -0.05) is 0 Å². The largest absolute Gasteiger partial charge is 0.394 e. The molecule has 5 N–H and O–H groups in total. The van der Waals surface area contributed by atoms with Gasteiger partial charge in [0.1, 0.15) is 24.9 Å². The maximum Gasteiger partial charge on any atom is 0.246 e. The molecule has 15 heavy (non-hydrogen) atoms. The molecule has 0 bridgehead atoms. The van der Waals surface area contributed by atoms with Crippen LogP contribution in [0.4, 0.5) is 0 Å². The van der Waals surface area contributed by atoms with Gasteiger partial charge in [0.2, 0.25) is 5.91 Å². The monoisotopic (exact) mass is 221 g/mol. The SMILES string of the molecule is O=C(CO)N[C@H]1CO[C@H](CO)[C@@H](O)[C@@H]1O. The minimum absolute atomic E-state index is 0.0187. The van der Waals surface area contributed by atoms with E-state index in [9.17, 15) is 15.0 Å². The molecule has 1 aliphatic rings. The second kappa shape index (κ2) is 5.38. The molecule has 0 aliphatic carbocycles. The molecule has 1 aliphatic heterocycles. The quantitative estimate of drug-likeness (QED) is 0.338. The summed E-state index contributed by atoms with van der Waals surface area (Å²) in [6.45, 7) is -1.11. The van der Waals surface area contributed by atoms with Crippen LogP contribution in [0.2, 0.25) is 0 Å². The Labute approximate surface area is 86.3 Å². The fourth-order valence-corrected chi connectivity index (χ4v) is 1.42. The molecule has 1 heterocycles. The molecule has 1 fully saturated rings. The molecular formula is C8H15NO6. The van der Waals surface area contributed by atoms with E-state index in [0.717, 1.165) is 0 Å².